The quantitative estimate of drug-likeness (QED) is 0.827. The van der Waals surface area contributed by atoms with Crippen molar-refractivity contribution in [3.8, 4) is 0 Å². The third kappa shape index (κ3) is 3.27. The largest absolute Gasteiger partial charge is 0.310 e. The number of hydrogen-bond acceptors (Lipinski definition) is 2. The van der Waals surface area contributed by atoms with E-state index in [0.717, 1.165) is 11.8 Å². The molecule has 1 N–H and O–H groups in total. The molecule has 1 saturated heterocycles. The lowest BCUT2D eigenvalue weighted by atomic mass is 9.80. The van der Waals surface area contributed by atoms with Crippen LogP contribution in [0.1, 0.15) is 53.9 Å². The summed E-state index contributed by atoms with van der Waals surface area (Å²) >= 11 is 0. The number of nitrogens with one attached hydrogen (secondary N) is 1. The summed E-state index contributed by atoms with van der Waals surface area (Å²) in [5, 5.41) is 3.82. The molecule has 1 aliphatic carbocycles. The predicted molar refractivity (Wildman–Crippen MR) is 78.8 cm³/mol. The van der Waals surface area contributed by atoms with Crippen LogP contribution < -0.4 is 5.32 Å². The van der Waals surface area contributed by atoms with Gasteiger partial charge in [-0.25, -0.2) is 0 Å². The second-order valence-corrected chi connectivity index (χ2v) is 7.83. The average molecular weight is 252 g/mol. The van der Waals surface area contributed by atoms with E-state index >= 15 is 0 Å². The first-order valence-corrected chi connectivity index (χ1v) is 7.81. The van der Waals surface area contributed by atoms with Crippen molar-refractivity contribution in [2.45, 2.75) is 59.4 Å². The first-order valence-electron chi connectivity index (χ1n) is 7.81. The Hall–Kier alpha value is -0.0800. The van der Waals surface area contributed by atoms with E-state index in [1.54, 1.807) is 0 Å². The number of hydrogen-bond donors (Lipinski definition) is 1. The molecule has 1 aliphatic heterocycles. The van der Waals surface area contributed by atoms with E-state index in [2.05, 4.69) is 44.8 Å². The monoisotopic (exact) mass is 252 g/mol. The first kappa shape index (κ1) is 14.3. The lowest BCUT2D eigenvalue weighted by Gasteiger charge is -2.39. The Morgan fingerprint density at radius 1 is 1.33 bits per heavy atom. The molecular weight excluding hydrogens is 220 g/mol. The maximum atomic E-state index is 3.82. The SMILES string of the molecule is CC(C)C(C)(C)CN1CCCNC(C)(C2CC2)C1. The van der Waals surface area contributed by atoms with Crippen molar-refractivity contribution in [3.63, 3.8) is 0 Å². The van der Waals surface area contributed by atoms with Gasteiger partial charge in [-0.3, -0.25) is 0 Å². The summed E-state index contributed by atoms with van der Waals surface area (Å²) < 4.78 is 0. The Bertz CT molecular complexity index is 281. The van der Waals surface area contributed by atoms with Crippen LogP contribution in [0.4, 0.5) is 0 Å². The summed E-state index contributed by atoms with van der Waals surface area (Å²) in [6, 6.07) is 0. The maximum Gasteiger partial charge on any atom is 0.0308 e. The first-order chi connectivity index (χ1) is 8.33. The molecular formula is C16H32N2. The Morgan fingerprint density at radius 2 is 2.00 bits per heavy atom. The van der Waals surface area contributed by atoms with Crippen LogP contribution in [0.5, 0.6) is 0 Å². The van der Waals surface area contributed by atoms with Crippen molar-refractivity contribution in [2.75, 3.05) is 26.2 Å². The molecule has 0 aromatic rings. The minimum atomic E-state index is 0.379. The van der Waals surface area contributed by atoms with Crippen LogP contribution in [0.25, 0.3) is 0 Å². The molecule has 2 aliphatic rings. The van der Waals surface area contributed by atoms with Gasteiger partial charge in [-0.1, -0.05) is 27.7 Å². The van der Waals surface area contributed by atoms with Gasteiger partial charge in [0.2, 0.25) is 0 Å². The van der Waals surface area contributed by atoms with Crippen molar-refractivity contribution in [1.29, 1.82) is 0 Å². The fraction of sp³-hybridized carbons (Fsp3) is 1.00. The van der Waals surface area contributed by atoms with Crippen molar-refractivity contribution in [3.05, 3.63) is 0 Å². The fourth-order valence-electron chi connectivity index (χ4n) is 3.16. The molecule has 2 nitrogen and oxygen atoms in total. The fourth-order valence-corrected chi connectivity index (χ4v) is 3.16. The molecule has 0 radical (unpaired) electrons. The van der Waals surface area contributed by atoms with Gasteiger partial charge < -0.3 is 10.2 Å². The average Bonchev–Trinajstić information content (AvgIpc) is 3.05. The van der Waals surface area contributed by atoms with Gasteiger partial charge in [0.25, 0.3) is 0 Å². The molecule has 0 aromatic carbocycles. The van der Waals surface area contributed by atoms with Crippen molar-refractivity contribution in [2.24, 2.45) is 17.3 Å². The molecule has 0 bridgehead atoms. The van der Waals surface area contributed by atoms with Gasteiger partial charge in [0.05, 0.1) is 0 Å². The highest BCUT2D eigenvalue weighted by atomic mass is 15.2. The minimum absolute atomic E-state index is 0.379. The van der Waals surface area contributed by atoms with Gasteiger partial charge in [0.1, 0.15) is 0 Å². The Labute approximate surface area is 114 Å². The van der Waals surface area contributed by atoms with Crippen molar-refractivity contribution < 1.29 is 0 Å². The van der Waals surface area contributed by atoms with Gasteiger partial charge in [-0.05, 0) is 56.5 Å². The van der Waals surface area contributed by atoms with Gasteiger partial charge in [0, 0.05) is 18.6 Å². The van der Waals surface area contributed by atoms with E-state index < -0.39 is 0 Å². The van der Waals surface area contributed by atoms with Crippen LogP contribution in [0, 0.1) is 17.3 Å². The molecule has 106 valence electrons. The van der Waals surface area contributed by atoms with Gasteiger partial charge in [0.15, 0.2) is 0 Å². The molecule has 0 spiro atoms. The third-order valence-corrected chi connectivity index (χ3v) is 5.40. The van der Waals surface area contributed by atoms with Gasteiger partial charge in [-0.15, -0.1) is 0 Å². The molecule has 2 rings (SSSR count). The predicted octanol–water partition coefficient (Wildman–Crippen LogP) is 3.13. The molecule has 0 amide bonds. The number of rotatable bonds is 4. The maximum absolute atomic E-state index is 3.82. The Kier molecular flexibility index (Phi) is 4.08. The van der Waals surface area contributed by atoms with Crippen molar-refractivity contribution >= 4 is 0 Å². The Morgan fingerprint density at radius 3 is 2.56 bits per heavy atom. The molecule has 2 heteroatoms. The van der Waals surface area contributed by atoms with E-state index in [1.807, 2.05) is 0 Å². The summed E-state index contributed by atoms with van der Waals surface area (Å²) in [5.41, 5.74) is 0.804. The van der Waals surface area contributed by atoms with Gasteiger partial charge >= 0.3 is 0 Å². The molecule has 1 unspecified atom stereocenters. The highest BCUT2D eigenvalue weighted by molar-refractivity contribution is 5.01. The van der Waals surface area contributed by atoms with E-state index in [4.69, 9.17) is 0 Å². The Balaban J connectivity index is 1.99. The summed E-state index contributed by atoms with van der Waals surface area (Å²) in [6.07, 6.45) is 4.17. The van der Waals surface area contributed by atoms with Crippen LogP contribution in [0.15, 0.2) is 0 Å². The summed E-state index contributed by atoms with van der Waals surface area (Å²) in [6.45, 7) is 17.0. The highest BCUT2D eigenvalue weighted by Crippen LogP contribution is 2.41. The van der Waals surface area contributed by atoms with Crippen LogP contribution in [0.2, 0.25) is 0 Å². The standard InChI is InChI=1S/C16H32N2/c1-13(2)15(3,4)11-18-10-6-9-17-16(5,12-18)14-7-8-14/h13-14,17H,6-12H2,1-5H3. The zero-order chi connectivity index (χ0) is 13.4. The summed E-state index contributed by atoms with van der Waals surface area (Å²) in [4.78, 5) is 2.72. The molecule has 18 heavy (non-hydrogen) atoms. The van der Waals surface area contributed by atoms with E-state index in [-0.39, 0.29) is 0 Å². The van der Waals surface area contributed by atoms with E-state index in [9.17, 15) is 0 Å². The summed E-state index contributed by atoms with van der Waals surface area (Å²) in [5.74, 6) is 1.68. The zero-order valence-electron chi connectivity index (χ0n) is 13.1. The molecule has 0 aromatic heterocycles. The lowest BCUT2D eigenvalue weighted by molar-refractivity contribution is 0.113. The number of nitrogens with zero attached hydrogens (tertiary/aromatic N) is 1. The smallest absolute Gasteiger partial charge is 0.0308 e. The molecule has 1 atom stereocenters. The molecule has 2 fully saturated rings. The molecule has 1 heterocycles. The van der Waals surface area contributed by atoms with Crippen LogP contribution >= 0.6 is 0 Å². The van der Waals surface area contributed by atoms with Crippen molar-refractivity contribution in [1.82, 2.24) is 10.2 Å². The zero-order valence-corrected chi connectivity index (χ0v) is 13.1. The normalized spacial score (nSPS) is 31.7. The second kappa shape index (κ2) is 5.13. The van der Waals surface area contributed by atoms with E-state index in [1.165, 1.54) is 45.4 Å². The van der Waals surface area contributed by atoms with Crippen LogP contribution in [-0.2, 0) is 0 Å². The molecule has 1 saturated carbocycles. The van der Waals surface area contributed by atoms with Gasteiger partial charge in [-0.2, -0.15) is 0 Å². The van der Waals surface area contributed by atoms with Crippen LogP contribution in [-0.4, -0.2) is 36.6 Å². The second-order valence-electron chi connectivity index (χ2n) is 7.83. The topological polar surface area (TPSA) is 15.3 Å². The minimum Gasteiger partial charge on any atom is -0.310 e. The third-order valence-electron chi connectivity index (χ3n) is 5.40. The highest BCUT2D eigenvalue weighted by Gasteiger charge is 2.43. The lowest BCUT2D eigenvalue weighted by Crippen LogP contribution is -2.52. The summed E-state index contributed by atoms with van der Waals surface area (Å²) in [7, 11) is 0. The van der Waals surface area contributed by atoms with Crippen LogP contribution in [0.3, 0.4) is 0 Å². The van der Waals surface area contributed by atoms with E-state index in [0.29, 0.717) is 11.0 Å².